The van der Waals surface area contributed by atoms with Gasteiger partial charge in [-0.25, -0.2) is 4.68 Å². The normalized spacial score (nSPS) is 11.8. The van der Waals surface area contributed by atoms with E-state index < -0.39 is 17.5 Å². The van der Waals surface area contributed by atoms with Crippen LogP contribution in [0.3, 0.4) is 0 Å². The highest BCUT2D eigenvalue weighted by Crippen LogP contribution is 2.32. The first-order valence-electron chi connectivity index (χ1n) is 12.3. The average Bonchev–Trinajstić information content (AvgIpc) is 3.52. The molecule has 0 amide bonds. The number of nitrogens with zero attached hydrogens (tertiary/aromatic N) is 5. The van der Waals surface area contributed by atoms with Gasteiger partial charge in [-0.1, -0.05) is 24.3 Å². The Morgan fingerprint density at radius 1 is 0.975 bits per heavy atom. The Bertz CT molecular complexity index is 1780. The first-order valence-corrected chi connectivity index (χ1v) is 12.3. The Kier molecular flexibility index (Phi) is 6.92. The van der Waals surface area contributed by atoms with E-state index >= 15 is 0 Å². The van der Waals surface area contributed by atoms with Crippen LogP contribution in [0.15, 0.2) is 97.0 Å². The second-order valence-electron chi connectivity index (χ2n) is 9.12. The minimum absolute atomic E-state index is 0.137. The molecule has 0 aliphatic carbocycles. The zero-order valence-electron chi connectivity index (χ0n) is 21.5. The van der Waals surface area contributed by atoms with E-state index in [1.165, 1.54) is 12.1 Å². The van der Waals surface area contributed by atoms with Crippen LogP contribution in [0.4, 0.5) is 13.2 Å². The van der Waals surface area contributed by atoms with Crippen molar-refractivity contribution in [1.82, 2.24) is 19.3 Å². The number of carbonyl (C=O) groups excluding carboxylic acids is 1. The number of benzene rings is 2. The van der Waals surface area contributed by atoms with Gasteiger partial charge in [-0.05, 0) is 68.5 Å². The zero-order chi connectivity index (χ0) is 28.4. The van der Waals surface area contributed by atoms with Crippen molar-refractivity contribution in [3.05, 3.63) is 125 Å². The van der Waals surface area contributed by atoms with Crippen molar-refractivity contribution in [2.24, 2.45) is 0 Å². The third-order valence-corrected chi connectivity index (χ3v) is 6.47. The lowest BCUT2D eigenvalue weighted by Gasteiger charge is -2.13. The Hall–Kier alpha value is -5.23. The second kappa shape index (κ2) is 10.5. The van der Waals surface area contributed by atoms with Gasteiger partial charge in [0, 0.05) is 52.4 Å². The number of rotatable bonds is 6. The van der Waals surface area contributed by atoms with Crippen molar-refractivity contribution in [2.45, 2.75) is 20.0 Å². The van der Waals surface area contributed by atoms with Crippen LogP contribution in [0.2, 0.25) is 0 Å². The van der Waals surface area contributed by atoms with Gasteiger partial charge in [0.05, 0.1) is 11.3 Å². The van der Waals surface area contributed by atoms with E-state index in [0.717, 1.165) is 17.8 Å². The van der Waals surface area contributed by atoms with Gasteiger partial charge in [0.2, 0.25) is 5.78 Å². The summed E-state index contributed by atoms with van der Waals surface area (Å²) in [5.41, 5.74) is 3.12. The van der Waals surface area contributed by atoms with Crippen LogP contribution in [0, 0.1) is 25.2 Å². The molecule has 5 rings (SSSR count). The van der Waals surface area contributed by atoms with Gasteiger partial charge >= 0.3 is 6.18 Å². The van der Waals surface area contributed by atoms with Gasteiger partial charge in [0.1, 0.15) is 17.3 Å². The summed E-state index contributed by atoms with van der Waals surface area (Å²) in [7, 11) is 0. The molecule has 0 aliphatic heterocycles. The molecule has 0 atom stereocenters. The molecule has 198 valence electrons. The molecule has 3 aromatic heterocycles. The summed E-state index contributed by atoms with van der Waals surface area (Å²) in [4.78, 5) is 17.8. The van der Waals surface area contributed by atoms with Crippen LogP contribution in [-0.2, 0) is 6.18 Å². The topological polar surface area (TPSA) is 76.5 Å². The van der Waals surface area contributed by atoms with E-state index in [1.807, 2.05) is 42.5 Å². The molecule has 3 heterocycles. The smallest absolute Gasteiger partial charge is 0.318 e. The van der Waals surface area contributed by atoms with Gasteiger partial charge in [0.15, 0.2) is 0 Å². The Morgan fingerprint density at radius 3 is 2.40 bits per heavy atom. The molecule has 2 aromatic carbocycles. The van der Waals surface area contributed by atoms with Crippen molar-refractivity contribution in [2.75, 3.05) is 0 Å². The molecule has 0 radical (unpaired) electrons. The molecule has 0 fully saturated rings. The number of halogens is 3. The molecular weight excluding hydrogens is 515 g/mol. The highest BCUT2D eigenvalue weighted by atomic mass is 19.4. The lowest BCUT2D eigenvalue weighted by Crippen LogP contribution is -2.08. The van der Waals surface area contributed by atoms with Crippen LogP contribution in [0.5, 0.6) is 0 Å². The van der Waals surface area contributed by atoms with Crippen molar-refractivity contribution in [3.63, 3.8) is 0 Å². The second-order valence-corrected chi connectivity index (χ2v) is 9.12. The number of carbonyl (C=O) groups is 1. The minimum atomic E-state index is -4.50. The Labute approximate surface area is 228 Å². The number of alkyl halides is 3. The summed E-state index contributed by atoms with van der Waals surface area (Å²) in [6.07, 6.45) is 1.99. The number of aromatic nitrogens is 4. The van der Waals surface area contributed by atoms with E-state index in [9.17, 15) is 23.2 Å². The molecule has 0 bridgehead atoms. The van der Waals surface area contributed by atoms with Crippen molar-refractivity contribution >= 4 is 11.9 Å². The highest BCUT2D eigenvalue weighted by molar-refractivity contribution is 6.15. The lowest BCUT2D eigenvalue weighted by atomic mass is 10.0. The van der Waals surface area contributed by atoms with Gasteiger partial charge in [0.25, 0.3) is 0 Å². The number of Topliss-reactive ketones (excluding diaryl/α,β-unsaturated/α-hetero) is 1. The van der Waals surface area contributed by atoms with E-state index in [0.29, 0.717) is 28.2 Å². The summed E-state index contributed by atoms with van der Waals surface area (Å²) >= 11 is 0. The first-order chi connectivity index (χ1) is 19.2. The molecule has 9 heteroatoms. The third-order valence-electron chi connectivity index (χ3n) is 6.47. The number of nitriles is 1. The zero-order valence-corrected chi connectivity index (χ0v) is 21.5. The van der Waals surface area contributed by atoms with Crippen LogP contribution >= 0.6 is 0 Å². The van der Waals surface area contributed by atoms with Crippen LogP contribution < -0.4 is 0 Å². The van der Waals surface area contributed by atoms with Gasteiger partial charge in [-0.3, -0.25) is 9.78 Å². The Balaban J connectivity index is 1.58. The summed E-state index contributed by atoms with van der Waals surface area (Å²) < 4.78 is 43.2. The fraction of sp³-hybridized carbons (Fsp3) is 0.0968. The first kappa shape index (κ1) is 26.4. The number of hydrogen-bond acceptors (Lipinski definition) is 4. The molecule has 0 saturated heterocycles. The fourth-order valence-corrected chi connectivity index (χ4v) is 4.59. The average molecular weight is 538 g/mol. The number of para-hydroxylation sites is 1. The number of hydrogen-bond donors (Lipinski definition) is 0. The number of allylic oxidation sites excluding steroid dienone is 1. The third kappa shape index (κ3) is 5.07. The Morgan fingerprint density at radius 2 is 1.73 bits per heavy atom. The minimum Gasteiger partial charge on any atom is -0.318 e. The molecule has 0 N–H and O–H groups in total. The molecule has 6 nitrogen and oxygen atoms in total. The predicted molar refractivity (Wildman–Crippen MR) is 145 cm³/mol. The molecule has 0 unspecified atom stereocenters. The van der Waals surface area contributed by atoms with E-state index in [-0.39, 0.29) is 16.8 Å². The van der Waals surface area contributed by atoms with Gasteiger partial charge in [-0.15, -0.1) is 0 Å². The molecular formula is C31H22F3N5O. The van der Waals surface area contributed by atoms with Gasteiger partial charge in [-0.2, -0.15) is 23.5 Å². The monoisotopic (exact) mass is 537 g/mol. The molecule has 40 heavy (non-hydrogen) atoms. The standard InChI is InChI=1S/C31H22F3N5O/c1-20-14-28(21(2)39(20)27-12-6-9-25(16-27)31(32,33)34)30(40)23(17-35)15-24-19-38(26-10-4-3-5-11-26)37-29(24)22-8-7-13-36-18-22/h3-16,18-19H,1-2H3. The maximum Gasteiger partial charge on any atom is 0.416 e. The lowest BCUT2D eigenvalue weighted by molar-refractivity contribution is -0.137. The molecule has 0 spiro atoms. The maximum atomic E-state index is 13.6. The SMILES string of the molecule is Cc1cc(C(=O)C(C#N)=Cc2cn(-c3ccccc3)nc2-c2cccnc2)c(C)n1-c1cccc(C(F)(F)F)c1. The van der Waals surface area contributed by atoms with E-state index in [4.69, 9.17) is 0 Å². The van der Waals surface area contributed by atoms with Crippen molar-refractivity contribution in [1.29, 1.82) is 5.26 Å². The maximum absolute atomic E-state index is 13.6. The van der Waals surface area contributed by atoms with Crippen molar-refractivity contribution in [3.8, 4) is 28.7 Å². The summed E-state index contributed by atoms with van der Waals surface area (Å²) in [5, 5.41) is 14.7. The largest absolute Gasteiger partial charge is 0.416 e. The fourth-order valence-electron chi connectivity index (χ4n) is 4.59. The molecule has 0 saturated carbocycles. The van der Waals surface area contributed by atoms with Crippen LogP contribution in [0.25, 0.3) is 28.7 Å². The van der Waals surface area contributed by atoms with Gasteiger partial charge < -0.3 is 4.57 Å². The number of aryl methyl sites for hydroxylation is 1. The number of pyridine rings is 1. The number of ketones is 1. The van der Waals surface area contributed by atoms with Crippen LogP contribution in [-0.4, -0.2) is 25.1 Å². The van der Waals surface area contributed by atoms with Crippen LogP contribution in [0.1, 0.15) is 32.9 Å². The highest BCUT2D eigenvalue weighted by Gasteiger charge is 2.31. The quantitative estimate of drug-likeness (QED) is 0.131. The summed E-state index contributed by atoms with van der Waals surface area (Å²) in [6.45, 7) is 3.34. The molecule has 5 aromatic rings. The predicted octanol–water partition coefficient (Wildman–Crippen LogP) is 7.15. The molecule has 0 aliphatic rings. The van der Waals surface area contributed by atoms with E-state index in [1.54, 1.807) is 59.9 Å². The summed E-state index contributed by atoms with van der Waals surface area (Å²) in [5.74, 6) is -0.543. The van der Waals surface area contributed by atoms with Crippen molar-refractivity contribution < 1.29 is 18.0 Å². The summed E-state index contributed by atoms with van der Waals surface area (Å²) in [6, 6.07) is 21.5. The van der Waals surface area contributed by atoms with E-state index in [2.05, 4.69) is 10.1 Å².